The third-order valence-electron chi connectivity index (χ3n) is 6.23. The number of nitrogens with zero attached hydrogens (tertiary/aromatic N) is 1. The predicted molar refractivity (Wildman–Crippen MR) is 120 cm³/mol. The molecule has 10 nitrogen and oxygen atoms in total. The molecule has 1 aliphatic rings. The molecule has 0 aromatic carbocycles. The molecule has 4 unspecified atom stereocenters. The summed E-state index contributed by atoms with van der Waals surface area (Å²) in [6.45, 7) is 11.8. The van der Waals surface area contributed by atoms with Gasteiger partial charge >= 0.3 is 13.3 Å². The third kappa shape index (κ3) is 5.79. The Morgan fingerprint density at radius 1 is 1.25 bits per heavy atom. The first-order chi connectivity index (χ1) is 14.6. The molecule has 0 saturated carbocycles. The first-order valence-corrected chi connectivity index (χ1v) is 12.6. The number of hydrogen-bond acceptors (Lipinski definition) is 7. The maximum atomic E-state index is 12.8. The van der Waals surface area contributed by atoms with E-state index in [1.165, 1.54) is 23.8 Å². The van der Waals surface area contributed by atoms with Gasteiger partial charge in [0.15, 0.2) is 11.1 Å². The van der Waals surface area contributed by atoms with E-state index in [9.17, 15) is 24.2 Å². The summed E-state index contributed by atoms with van der Waals surface area (Å²) in [6, 6.07) is 0.820. The highest BCUT2D eigenvalue weighted by Gasteiger charge is 2.51. The van der Waals surface area contributed by atoms with Crippen LogP contribution >= 0.6 is 7.60 Å². The second-order valence-electron chi connectivity index (χ2n) is 9.32. The Morgan fingerprint density at radius 3 is 2.38 bits per heavy atom. The van der Waals surface area contributed by atoms with Gasteiger partial charge in [-0.1, -0.05) is 20.8 Å². The largest absolute Gasteiger partial charge is 0.378 e. The van der Waals surface area contributed by atoms with E-state index in [2.05, 4.69) is 4.98 Å². The number of hydrogen-bond donors (Lipinski definition) is 3. The molecular formula is C21H37N2O8P. The minimum atomic E-state index is -4.38. The van der Waals surface area contributed by atoms with Crippen molar-refractivity contribution in [1.29, 1.82) is 0 Å². The first-order valence-electron chi connectivity index (χ1n) is 11.0. The zero-order valence-corrected chi connectivity index (χ0v) is 20.8. The van der Waals surface area contributed by atoms with E-state index in [-0.39, 0.29) is 12.8 Å². The smallest absolute Gasteiger partial charge is 0.359 e. The lowest BCUT2D eigenvalue weighted by Crippen LogP contribution is -2.43. The Morgan fingerprint density at radius 2 is 1.88 bits per heavy atom. The van der Waals surface area contributed by atoms with E-state index in [1.807, 2.05) is 13.8 Å². The fraction of sp³-hybridized carbons (Fsp3) is 0.810. The summed E-state index contributed by atoms with van der Waals surface area (Å²) < 4.78 is 32.2. The number of H-pyrrole nitrogens is 1. The Balaban J connectivity index is 2.39. The number of rotatable bonds is 10. The van der Waals surface area contributed by atoms with Crippen molar-refractivity contribution in [3.05, 3.63) is 33.1 Å². The highest BCUT2D eigenvalue weighted by Crippen LogP contribution is 2.59. The van der Waals surface area contributed by atoms with Crippen molar-refractivity contribution in [2.75, 3.05) is 0 Å². The van der Waals surface area contributed by atoms with Gasteiger partial charge in [-0.2, -0.15) is 0 Å². The van der Waals surface area contributed by atoms with Crippen molar-refractivity contribution < 1.29 is 28.6 Å². The molecule has 6 atom stereocenters. The topological polar surface area (TPSA) is 140 Å². The maximum Gasteiger partial charge on any atom is 0.359 e. The second kappa shape index (κ2) is 9.52. The van der Waals surface area contributed by atoms with Gasteiger partial charge in [0.1, 0.15) is 6.10 Å². The van der Waals surface area contributed by atoms with Crippen LogP contribution in [0.4, 0.5) is 0 Å². The van der Waals surface area contributed by atoms with E-state index in [0.717, 1.165) is 0 Å². The zero-order chi connectivity index (χ0) is 24.5. The monoisotopic (exact) mass is 476 g/mol. The molecule has 0 radical (unpaired) electrons. The number of aromatic nitrogens is 2. The molecule has 1 saturated heterocycles. The molecule has 1 aromatic heterocycles. The van der Waals surface area contributed by atoms with Gasteiger partial charge in [-0.3, -0.25) is 18.9 Å². The van der Waals surface area contributed by atoms with Crippen molar-refractivity contribution in [1.82, 2.24) is 9.55 Å². The lowest BCUT2D eigenvalue weighted by Gasteiger charge is -2.38. The summed E-state index contributed by atoms with van der Waals surface area (Å²) in [7, 11) is -4.38. The molecule has 0 amide bonds. The fourth-order valence-electron chi connectivity index (χ4n) is 3.89. The van der Waals surface area contributed by atoms with Crippen LogP contribution in [0.15, 0.2) is 21.9 Å². The van der Waals surface area contributed by atoms with E-state index in [4.69, 9.17) is 14.0 Å². The molecule has 0 aliphatic carbocycles. The summed E-state index contributed by atoms with van der Waals surface area (Å²) in [5.41, 5.74) is -2.15. The van der Waals surface area contributed by atoms with E-state index in [1.54, 1.807) is 27.7 Å². The minimum Gasteiger partial charge on any atom is -0.378 e. The summed E-state index contributed by atoms with van der Waals surface area (Å²) in [4.78, 5) is 36.7. The van der Waals surface area contributed by atoms with Crippen molar-refractivity contribution >= 4 is 7.60 Å². The van der Waals surface area contributed by atoms with Crippen LogP contribution in [-0.2, 0) is 18.6 Å². The molecule has 1 fully saturated rings. The van der Waals surface area contributed by atoms with Gasteiger partial charge in [-0.25, -0.2) is 4.79 Å². The van der Waals surface area contributed by atoms with Crippen molar-refractivity contribution in [3.63, 3.8) is 0 Å². The molecular weight excluding hydrogens is 439 g/mol. The molecule has 11 heteroatoms. The summed E-state index contributed by atoms with van der Waals surface area (Å²) in [5.74, 6) is -0.957. The summed E-state index contributed by atoms with van der Waals surface area (Å²) in [5, 5.41) is 8.49. The highest BCUT2D eigenvalue weighted by atomic mass is 31.2. The number of nitrogens with one attached hydrogen (secondary N) is 1. The Kier molecular flexibility index (Phi) is 8.02. The van der Waals surface area contributed by atoms with Gasteiger partial charge in [0.05, 0.1) is 17.7 Å². The normalized spacial score (nSPS) is 27.3. The number of ether oxygens (including phenoxy) is 2. The lowest BCUT2D eigenvalue weighted by atomic mass is 9.90. The Labute approximate surface area is 188 Å². The van der Waals surface area contributed by atoms with E-state index in [0.29, 0.717) is 12.8 Å². The number of aromatic amines is 1. The molecule has 0 bridgehead atoms. The van der Waals surface area contributed by atoms with Crippen LogP contribution < -0.4 is 11.2 Å². The number of aliphatic hydroxyl groups is 1. The third-order valence-corrected chi connectivity index (χ3v) is 8.45. The minimum absolute atomic E-state index is 0.0479. The van der Waals surface area contributed by atoms with Crippen LogP contribution in [-0.4, -0.2) is 48.5 Å². The first kappa shape index (κ1) is 27.0. The van der Waals surface area contributed by atoms with Crippen molar-refractivity contribution in [2.24, 2.45) is 0 Å². The van der Waals surface area contributed by atoms with Crippen molar-refractivity contribution in [3.8, 4) is 0 Å². The van der Waals surface area contributed by atoms with Crippen molar-refractivity contribution in [2.45, 2.75) is 109 Å². The van der Waals surface area contributed by atoms with Crippen LogP contribution in [0.1, 0.15) is 80.2 Å². The van der Waals surface area contributed by atoms with Gasteiger partial charge in [-0.05, 0) is 47.0 Å². The lowest BCUT2D eigenvalue weighted by molar-refractivity contribution is -0.153. The molecule has 3 N–H and O–H groups in total. The molecule has 1 aliphatic heterocycles. The Bertz CT molecular complexity index is 956. The quantitative estimate of drug-likeness (QED) is 0.438. The molecule has 2 rings (SSSR count). The predicted octanol–water partition coefficient (Wildman–Crippen LogP) is 2.89. The average molecular weight is 477 g/mol. The van der Waals surface area contributed by atoms with Crippen LogP contribution in [0.25, 0.3) is 0 Å². The molecule has 32 heavy (non-hydrogen) atoms. The second-order valence-corrected chi connectivity index (χ2v) is 11.5. The zero-order valence-electron chi connectivity index (χ0n) is 20.0. The van der Waals surface area contributed by atoms with Gasteiger partial charge in [0.25, 0.3) is 5.56 Å². The SMILES string of the molecule is CC[C@@H]([C@@H]1OC(C)(C)OC1CC(C)(CC)OP(=O)(O)C(C)(O)CC)n1ccc(=O)[nH]c1=O. The van der Waals surface area contributed by atoms with E-state index < -0.39 is 53.8 Å². The van der Waals surface area contributed by atoms with Gasteiger partial charge < -0.3 is 24.0 Å². The molecule has 2 heterocycles. The fourth-order valence-corrected chi connectivity index (χ4v) is 5.29. The Hall–Kier alpha value is -1.29. The van der Waals surface area contributed by atoms with Gasteiger partial charge in [0, 0.05) is 18.7 Å². The van der Waals surface area contributed by atoms with Gasteiger partial charge in [0.2, 0.25) is 0 Å². The van der Waals surface area contributed by atoms with Gasteiger partial charge in [-0.15, -0.1) is 0 Å². The summed E-state index contributed by atoms with van der Waals surface area (Å²) in [6.07, 6.45) is 1.39. The van der Waals surface area contributed by atoms with Crippen LogP contribution in [0.2, 0.25) is 0 Å². The summed E-state index contributed by atoms with van der Waals surface area (Å²) >= 11 is 0. The standard InChI is InChI=1S/C21H37N2O8P/c1-8-14(23-12-11-16(24)22-18(23)25)17-15(29-19(4,5)30-17)13-20(6,9-2)31-32(27,28)21(7,26)10-3/h11-12,14-15,17,26H,8-10,13H2,1-7H3,(H,27,28)(H,22,24,25)/t14-,15?,17-,20?,21?/m0/s1. The highest BCUT2D eigenvalue weighted by molar-refractivity contribution is 7.54. The molecule has 1 aromatic rings. The van der Waals surface area contributed by atoms with Crippen LogP contribution in [0, 0.1) is 0 Å². The molecule has 0 spiro atoms. The maximum absolute atomic E-state index is 12.8. The van der Waals surface area contributed by atoms with Crippen LogP contribution in [0.5, 0.6) is 0 Å². The van der Waals surface area contributed by atoms with Crippen LogP contribution in [0.3, 0.4) is 0 Å². The average Bonchev–Trinajstić information content (AvgIpc) is 2.97. The molecule has 184 valence electrons. The van der Waals surface area contributed by atoms with E-state index >= 15 is 0 Å².